The molecule has 0 saturated carbocycles. The van der Waals surface area contributed by atoms with Gasteiger partial charge in [0.15, 0.2) is 17.3 Å². The molecule has 0 unspecified atom stereocenters. The van der Waals surface area contributed by atoms with Gasteiger partial charge in [0.2, 0.25) is 5.75 Å². The molecule has 1 aromatic rings. The molecule has 0 amide bonds. The molecule has 0 radical (unpaired) electrons. The summed E-state index contributed by atoms with van der Waals surface area (Å²) in [5, 5.41) is 0. The van der Waals surface area contributed by atoms with Crippen LogP contribution in [0, 0.1) is 11.3 Å². The molecule has 3 rings (SSSR count). The van der Waals surface area contributed by atoms with Crippen LogP contribution in [0.2, 0.25) is 0 Å². The standard InChI is InChI=1S/C22H28O6/c1-7-8-22-12-18(26-5)15(23)11-19(22)28-20(13(22)2)14-9-16(24-3)21(27-6)17(10-14)25-4/h7,9-11,13,18,20H,1,8,12H2,2-6H3/t13-,18-,20-,22+/m1/s1. The highest BCUT2D eigenvalue weighted by Crippen LogP contribution is 2.59. The fourth-order valence-electron chi connectivity index (χ4n) is 4.44. The predicted octanol–water partition coefficient (Wildman–Crippen LogP) is 3.85. The number of benzene rings is 1. The van der Waals surface area contributed by atoms with Gasteiger partial charge in [-0.05, 0) is 25.0 Å². The van der Waals surface area contributed by atoms with Gasteiger partial charge in [0.1, 0.15) is 18.0 Å². The molecule has 28 heavy (non-hydrogen) atoms. The minimum atomic E-state index is -0.464. The third-order valence-corrected chi connectivity index (χ3v) is 6.02. The van der Waals surface area contributed by atoms with Crippen LogP contribution in [0.1, 0.15) is 31.4 Å². The first-order valence-electron chi connectivity index (χ1n) is 9.32. The molecule has 152 valence electrons. The molecule has 1 fully saturated rings. The average molecular weight is 388 g/mol. The van der Waals surface area contributed by atoms with Gasteiger partial charge in [0.25, 0.3) is 0 Å². The zero-order chi connectivity index (χ0) is 20.5. The maximum atomic E-state index is 12.4. The van der Waals surface area contributed by atoms with Gasteiger partial charge in [-0.2, -0.15) is 0 Å². The van der Waals surface area contributed by atoms with Crippen LogP contribution in [-0.4, -0.2) is 40.3 Å². The highest BCUT2D eigenvalue weighted by molar-refractivity contribution is 5.95. The summed E-state index contributed by atoms with van der Waals surface area (Å²) in [6.45, 7) is 6.06. The van der Waals surface area contributed by atoms with Crippen LogP contribution in [0.5, 0.6) is 17.2 Å². The third kappa shape index (κ3) is 3.05. The molecule has 6 nitrogen and oxygen atoms in total. The number of carbonyl (C=O) groups excluding carboxylic acids is 1. The monoisotopic (exact) mass is 388 g/mol. The molecule has 0 bridgehead atoms. The Labute approximate surface area is 166 Å². The lowest BCUT2D eigenvalue weighted by molar-refractivity contribution is -0.127. The molecule has 1 heterocycles. The fraction of sp³-hybridized carbons (Fsp3) is 0.500. The van der Waals surface area contributed by atoms with E-state index in [2.05, 4.69) is 13.5 Å². The van der Waals surface area contributed by atoms with Gasteiger partial charge in [-0.15, -0.1) is 6.58 Å². The summed E-state index contributed by atoms with van der Waals surface area (Å²) in [6.07, 6.45) is 4.02. The molecule has 1 saturated heterocycles. The van der Waals surface area contributed by atoms with Crippen molar-refractivity contribution in [1.29, 1.82) is 0 Å². The van der Waals surface area contributed by atoms with Gasteiger partial charge < -0.3 is 23.7 Å². The van der Waals surface area contributed by atoms with Gasteiger partial charge in [-0.1, -0.05) is 13.0 Å². The second kappa shape index (κ2) is 7.87. The van der Waals surface area contributed by atoms with Gasteiger partial charge in [-0.25, -0.2) is 0 Å². The lowest BCUT2D eigenvalue weighted by Gasteiger charge is -2.37. The van der Waals surface area contributed by atoms with Crippen molar-refractivity contribution in [2.45, 2.75) is 32.0 Å². The number of fused-ring (bicyclic) bond motifs is 1. The first kappa shape index (κ1) is 20.3. The van der Waals surface area contributed by atoms with E-state index in [1.807, 2.05) is 18.2 Å². The van der Waals surface area contributed by atoms with Crippen molar-refractivity contribution < 1.29 is 28.5 Å². The van der Waals surface area contributed by atoms with Crippen molar-refractivity contribution in [2.75, 3.05) is 28.4 Å². The second-order valence-electron chi connectivity index (χ2n) is 7.27. The summed E-state index contributed by atoms with van der Waals surface area (Å²) >= 11 is 0. The number of hydrogen-bond donors (Lipinski definition) is 0. The lowest BCUT2D eigenvalue weighted by atomic mass is 9.65. The normalized spacial score (nSPS) is 28.8. The summed E-state index contributed by atoms with van der Waals surface area (Å²) < 4.78 is 28.2. The second-order valence-corrected chi connectivity index (χ2v) is 7.27. The molecular weight excluding hydrogens is 360 g/mol. The van der Waals surface area contributed by atoms with Crippen molar-refractivity contribution in [1.82, 2.24) is 0 Å². The van der Waals surface area contributed by atoms with E-state index in [1.54, 1.807) is 34.5 Å². The Balaban J connectivity index is 2.07. The number of carbonyl (C=O) groups is 1. The van der Waals surface area contributed by atoms with Crippen LogP contribution in [-0.2, 0) is 14.3 Å². The zero-order valence-corrected chi connectivity index (χ0v) is 17.1. The van der Waals surface area contributed by atoms with Crippen molar-refractivity contribution in [3.63, 3.8) is 0 Å². The summed E-state index contributed by atoms with van der Waals surface area (Å²) in [6, 6.07) is 3.80. The Morgan fingerprint density at radius 1 is 1.18 bits per heavy atom. The molecule has 4 atom stereocenters. The zero-order valence-electron chi connectivity index (χ0n) is 17.1. The summed E-state index contributed by atoms with van der Waals surface area (Å²) in [4.78, 5) is 12.4. The molecule has 1 aliphatic heterocycles. The number of allylic oxidation sites excluding steroid dienone is 2. The number of ketones is 1. The molecule has 0 aromatic heterocycles. The predicted molar refractivity (Wildman–Crippen MR) is 105 cm³/mol. The molecule has 0 N–H and O–H groups in total. The van der Waals surface area contributed by atoms with Crippen molar-refractivity contribution in [2.24, 2.45) is 11.3 Å². The van der Waals surface area contributed by atoms with Crippen LogP contribution >= 0.6 is 0 Å². The maximum Gasteiger partial charge on any atom is 0.203 e. The van der Waals surface area contributed by atoms with Crippen LogP contribution in [0.15, 0.2) is 36.6 Å². The van der Waals surface area contributed by atoms with E-state index in [9.17, 15) is 4.79 Å². The van der Waals surface area contributed by atoms with Crippen LogP contribution in [0.3, 0.4) is 0 Å². The van der Waals surface area contributed by atoms with E-state index in [0.717, 1.165) is 5.56 Å². The third-order valence-electron chi connectivity index (χ3n) is 6.02. The van der Waals surface area contributed by atoms with Gasteiger partial charge in [0, 0.05) is 30.1 Å². The number of methoxy groups -OCH3 is 4. The van der Waals surface area contributed by atoms with Crippen LogP contribution < -0.4 is 14.2 Å². The fourth-order valence-corrected chi connectivity index (χ4v) is 4.44. The Kier molecular flexibility index (Phi) is 5.70. The van der Waals surface area contributed by atoms with Gasteiger partial charge >= 0.3 is 0 Å². The Morgan fingerprint density at radius 3 is 2.32 bits per heavy atom. The van der Waals surface area contributed by atoms with Gasteiger partial charge in [-0.3, -0.25) is 4.79 Å². The van der Waals surface area contributed by atoms with Gasteiger partial charge in [0.05, 0.1) is 21.3 Å². The van der Waals surface area contributed by atoms with Crippen LogP contribution in [0.25, 0.3) is 0 Å². The SMILES string of the molecule is C=CC[C@@]12C[C@@H](OC)C(=O)C=C1O[C@@H](c1cc(OC)c(OC)c(OC)c1)[C@H]2C. The first-order valence-corrected chi connectivity index (χ1v) is 9.32. The van der Waals surface area contributed by atoms with E-state index in [0.29, 0.717) is 35.8 Å². The molecule has 6 heteroatoms. The maximum absolute atomic E-state index is 12.4. The largest absolute Gasteiger partial charge is 0.493 e. The molecular formula is C22H28O6. The topological polar surface area (TPSA) is 63.2 Å². The highest BCUT2D eigenvalue weighted by Gasteiger charge is 2.55. The minimum Gasteiger partial charge on any atom is -0.493 e. The first-order chi connectivity index (χ1) is 13.4. The molecule has 2 aliphatic rings. The number of ether oxygens (including phenoxy) is 5. The smallest absolute Gasteiger partial charge is 0.203 e. The Bertz CT molecular complexity index is 773. The molecule has 1 aromatic carbocycles. The van der Waals surface area contributed by atoms with E-state index < -0.39 is 6.10 Å². The molecule has 0 spiro atoms. The van der Waals surface area contributed by atoms with Crippen LogP contribution in [0.4, 0.5) is 0 Å². The van der Waals surface area contributed by atoms with E-state index in [1.165, 1.54) is 0 Å². The lowest BCUT2D eigenvalue weighted by Crippen LogP contribution is -2.39. The quantitative estimate of drug-likeness (QED) is 0.661. The van der Waals surface area contributed by atoms with Crippen molar-refractivity contribution in [3.05, 3.63) is 42.2 Å². The van der Waals surface area contributed by atoms with E-state index in [4.69, 9.17) is 23.7 Å². The average Bonchev–Trinajstić information content (AvgIpc) is 2.98. The summed E-state index contributed by atoms with van der Waals surface area (Å²) in [5.41, 5.74) is 0.573. The summed E-state index contributed by atoms with van der Waals surface area (Å²) in [5.74, 6) is 2.41. The number of hydrogen-bond acceptors (Lipinski definition) is 6. The van der Waals surface area contributed by atoms with Crippen molar-refractivity contribution >= 4 is 5.78 Å². The van der Waals surface area contributed by atoms with E-state index >= 15 is 0 Å². The number of rotatable bonds is 7. The Hall–Kier alpha value is -2.47. The van der Waals surface area contributed by atoms with E-state index in [-0.39, 0.29) is 23.2 Å². The molecule has 1 aliphatic carbocycles. The Morgan fingerprint density at radius 2 is 1.82 bits per heavy atom. The minimum absolute atomic E-state index is 0.0603. The summed E-state index contributed by atoms with van der Waals surface area (Å²) in [7, 11) is 6.32. The van der Waals surface area contributed by atoms with Crippen molar-refractivity contribution in [3.8, 4) is 17.2 Å². The highest BCUT2D eigenvalue weighted by atomic mass is 16.5.